The van der Waals surface area contributed by atoms with Crippen molar-refractivity contribution >= 4 is 0 Å². The van der Waals surface area contributed by atoms with Crippen LogP contribution in [0.25, 0.3) is 0 Å². The molecule has 0 aliphatic carbocycles. The van der Waals surface area contributed by atoms with Gasteiger partial charge in [0.25, 0.3) is 0 Å². The van der Waals surface area contributed by atoms with Gasteiger partial charge in [0.2, 0.25) is 6.79 Å². The zero-order valence-electron chi connectivity index (χ0n) is 16.5. The van der Waals surface area contributed by atoms with Crippen molar-refractivity contribution in [2.75, 3.05) is 26.4 Å². The van der Waals surface area contributed by atoms with Gasteiger partial charge in [-0.2, -0.15) is 0 Å². The second kappa shape index (κ2) is 7.74. The summed E-state index contributed by atoms with van der Waals surface area (Å²) in [6.07, 6.45) is 2.46. The fourth-order valence-electron chi connectivity index (χ4n) is 5.01. The minimum absolute atomic E-state index is 0.342. The second-order valence-corrected chi connectivity index (χ2v) is 8.34. The fraction of sp³-hybridized carbons (Fsp3) is 0.478. The molecule has 2 atom stereocenters. The molecule has 5 rings (SSSR count). The van der Waals surface area contributed by atoms with Gasteiger partial charge in [-0.05, 0) is 50.4 Å². The summed E-state index contributed by atoms with van der Waals surface area (Å²) < 4.78 is 11.2. The first kappa shape index (κ1) is 18.0. The van der Waals surface area contributed by atoms with Crippen LogP contribution in [0.4, 0.5) is 0 Å². The van der Waals surface area contributed by atoms with Crippen molar-refractivity contribution in [3.63, 3.8) is 0 Å². The van der Waals surface area contributed by atoms with E-state index in [1.165, 1.54) is 29.5 Å². The molecule has 0 aromatic heterocycles. The molecule has 3 heterocycles. The zero-order valence-corrected chi connectivity index (χ0v) is 16.5. The SMILES string of the molecule is Cc1cccc(C2CNNC2C2CCN(Cc3cccc4c3OCO4)CC2)c1. The summed E-state index contributed by atoms with van der Waals surface area (Å²) in [4.78, 5) is 2.55. The Kier molecular flexibility index (Phi) is 4.97. The zero-order chi connectivity index (χ0) is 18.9. The maximum Gasteiger partial charge on any atom is 0.231 e. The number of para-hydroxylation sites is 1. The van der Waals surface area contributed by atoms with Gasteiger partial charge in [0.05, 0.1) is 0 Å². The Bertz CT molecular complexity index is 832. The lowest BCUT2D eigenvalue weighted by Crippen LogP contribution is -2.44. The van der Waals surface area contributed by atoms with E-state index in [2.05, 4.69) is 59.1 Å². The van der Waals surface area contributed by atoms with Crippen LogP contribution in [0, 0.1) is 12.8 Å². The fourth-order valence-corrected chi connectivity index (χ4v) is 5.01. The Morgan fingerprint density at radius 1 is 1.07 bits per heavy atom. The van der Waals surface area contributed by atoms with E-state index < -0.39 is 0 Å². The van der Waals surface area contributed by atoms with Crippen LogP contribution in [0.15, 0.2) is 42.5 Å². The molecule has 2 aromatic carbocycles. The van der Waals surface area contributed by atoms with Crippen molar-refractivity contribution in [3.8, 4) is 11.5 Å². The highest BCUT2D eigenvalue weighted by Crippen LogP contribution is 2.37. The number of hydrogen-bond donors (Lipinski definition) is 2. The maximum atomic E-state index is 5.68. The lowest BCUT2D eigenvalue weighted by Gasteiger charge is -2.36. The predicted molar refractivity (Wildman–Crippen MR) is 109 cm³/mol. The Morgan fingerprint density at radius 2 is 1.93 bits per heavy atom. The van der Waals surface area contributed by atoms with Crippen LogP contribution >= 0.6 is 0 Å². The van der Waals surface area contributed by atoms with Gasteiger partial charge in [0.1, 0.15) is 0 Å². The average Bonchev–Trinajstić information content (AvgIpc) is 3.39. The Hall–Kier alpha value is -2.08. The van der Waals surface area contributed by atoms with E-state index in [4.69, 9.17) is 9.47 Å². The summed E-state index contributed by atoms with van der Waals surface area (Å²) in [5.41, 5.74) is 11.1. The van der Waals surface area contributed by atoms with Gasteiger partial charge < -0.3 is 9.47 Å². The van der Waals surface area contributed by atoms with Crippen molar-refractivity contribution in [2.45, 2.75) is 38.3 Å². The van der Waals surface area contributed by atoms with E-state index in [1.54, 1.807) is 0 Å². The molecule has 2 unspecified atom stereocenters. The van der Waals surface area contributed by atoms with E-state index in [-0.39, 0.29) is 0 Å². The molecule has 2 fully saturated rings. The highest BCUT2D eigenvalue weighted by molar-refractivity contribution is 5.48. The molecule has 5 heteroatoms. The van der Waals surface area contributed by atoms with Crippen LogP contribution < -0.4 is 20.3 Å². The lowest BCUT2D eigenvalue weighted by atomic mass is 9.80. The van der Waals surface area contributed by atoms with Crippen LogP contribution in [0.1, 0.15) is 35.4 Å². The largest absolute Gasteiger partial charge is 0.454 e. The van der Waals surface area contributed by atoms with Gasteiger partial charge in [-0.25, -0.2) is 0 Å². The van der Waals surface area contributed by atoms with Crippen molar-refractivity contribution in [1.29, 1.82) is 0 Å². The number of rotatable bonds is 4. The third kappa shape index (κ3) is 3.50. The van der Waals surface area contributed by atoms with Crippen molar-refractivity contribution in [2.24, 2.45) is 5.92 Å². The Labute approximate surface area is 167 Å². The molecule has 2 saturated heterocycles. The molecular formula is C23H29N3O2. The summed E-state index contributed by atoms with van der Waals surface area (Å²) in [6.45, 7) is 6.75. The molecule has 28 heavy (non-hydrogen) atoms. The molecule has 0 amide bonds. The number of nitrogens with one attached hydrogen (secondary N) is 2. The Balaban J connectivity index is 1.22. The van der Waals surface area contributed by atoms with E-state index >= 15 is 0 Å². The summed E-state index contributed by atoms with van der Waals surface area (Å²) >= 11 is 0. The molecule has 5 nitrogen and oxygen atoms in total. The summed E-state index contributed by atoms with van der Waals surface area (Å²) in [5.74, 6) is 3.08. The van der Waals surface area contributed by atoms with Gasteiger partial charge in [-0.3, -0.25) is 15.8 Å². The number of hydrogen-bond acceptors (Lipinski definition) is 5. The molecule has 2 N–H and O–H groups in total. The number of likely N-dealkylation sites (tertiary alicyclic amines) is 1. The maximum absolute atomic E-state index is 5.68. The molecule has 0 spiro atoms. The molecule has 148 valence electrons. The average molecular weight is 380 g/mol. The first-order valence-corrected chi connectivity index (χ1v) is 10.4. The molecule has 0 bridgehead atoms. The topological polar surface area (TPSA) is 45.8 Å². The van der Waals surface area contributed by atoms with E-state index in [9.17, 15) is 0 Å². The van der Waals surface area contributed by atoms with E-state index in [0.29, 0.717) is 24.7 Å². The number of ether oxygens (including phenoxy) is 2. The first-order chi connectivity index (χ1) is 13.8. The normalized spacial score (nSPS) is 25.3. The van der Waals surface area contributed by atoms with Crippen molar-refractivity contribution in [3.05, 3.63) is 59.2 Å². The van der Waals surface area contributed by atoms with Crippen molar-refractivity contribution in [1.82, 2.24) is 15.8 Å². The number of benzene rings is 2. The number of piperidine rings is 1. The quantitative estimate of drug-likeness (QED) is 0.854. The lowest BCUT2D eigenvalue weighted by molar-refractivity contribution is 0.148. The molecular weight excluding hydrogens is 350 g/mol. The summed E-state index contributed by atoms with van der Waals surface area (Å²) in [5, 5.41) is 0. The molecule has 3 aliphatic heterocycles. The highest BCUT2D eigenvalue weighted by Gasteiger charge is 2.36. The van der Waals surface area contributed by atoms with Gasteiger partial charge in [0, 0.05) is 30.6 Å². The Morgan fingerprint density at radius 3 is 2.79 bits per heavy atom. The minimum atomic E-state index is 0.342. The number of aryl methyl sites for hydroxylation is 1. The molecule has 0 saturated carbocycles. The van der Waals surface area contributed by atoms with Gasteiger partial charge >= 0.3 is 0 Å². The monoisotopic (exact) mass is 379 g/mol. The summed E-state index contributed by atoms with van der Waals surface area (Å²) in [6, 6.07) is 15.7. The van der Waals surface area contributed by atoms with Crippen molar-refractivity contribution < 1.29 is 9.47 Å². The molecule has 2 aromatic rings. The number of fused-ring (bicyclic) bond motifs is 1. The highest BCUT2D eigenvalue weighted by atomic mass is 16.7. The van der Waals surface area contributed by atoms with Crippen LogP contribution in [-0.4, -0.2) is 37.4 Å². The minimum Gasteiger partial charge on any atom is -0.454 e. The van der Waals surface area contributed by atoms with Crippen LogP contribution in [-0.2, 0) is 6.54 Å². The smallest absolute Gasteiger partial charge is 0.231 e. The van der Waals surface area contributed by atoms with Gasteiger partial charge in [0.15, 0.2) is 11.5 Å². The molecule has 3 aliphatic rings. The van der Waals surface area contributed by atoms with E-state index in [0.717, 1.165) is 37.7 Å². The number of nitrogens with zero attached hydrogens (tertiary/aromatic N) is 1. The summed E-state index contributed by atoms with van der Waals surface area (Å²) in [7, 11) is 0. The third-order valence-electron chi connectivity index (χ3n) is 6.51. The van der Waals surface area contributed by atoms with Crippen LogP contribution in [0.3, 0.4) is 0 Å². The predicted octanol–water partition coefficient (Wildman–Crippen LogP) is 3.20. The van der Waals surface area contributed by atoms with Crippen LogP contribution in [0.2, 0.25) is 0 Å². The first-order valence-electron chi connectivity index (χ1n) is 10.4. The number of hydrazine groups is 1. The van der Waals surface area contributed by atoms with Crippen LogP contribution in [0.5, 0.6) is 11.5 Å². The standard InChI is InChI=1S/C23H29N3O2/c1-16-4-2-5-18(12-16)20-13-24-25-22(20)17-8-10-26(11-9-17)14-19-6-3-7-21-23(19)28-15-27-21/h2-7,12,17,20,22,24-25H,8-11,13-15H2,1H3. The van der Waals surface area contributed by atoms with Gasteiger partial charge in [-0.1, -0.05) is 42.0 Å². The van der Waals surface area contributed by atoms with E-state index in [1.807, 2.05) is 6.07 Å². The van der Waals surface area contributed by atoms with Gasteiger partial charge in [-0.15, -0.1) is 0 Å². The second-order valence-electron chi connectivity index (χ2n) is 8.34. The third-order valence-corrected chi connectivity index (χ3v) is 6.51. The molecule has 0 radical (unpaired) electrons.